The number of hydrogen-bond donors (Lipinski definition) is 2. The van der Waals surface area contributed by atoms with E-state index in [2.05, 4.69) is 24.1 Å². The van der Waals surface area contributed by atoms with Gasteiger partial charge in [0.2, 0.25) is 5.91 Å². The summed E-state index contributed by atoms with van der Waals surface area (Å²) in [6.45, 7) is 6.21. The molecule has 0 aliphatic heterocycles. The van der Waals surface area contributed by atoms with Crippen molar-refractivity contribution in [2.75, 3.05) is 29.9 Å². The van der Waals surface area contributed by atoms with Gasteiger partial charge in [0.1, 0.15) is 0 Å². The highest BCUT2D eigenvalue weighted by Crippen LogP contribution is 2.18. The smallest absolute Gasteiger partial charge is 0.236 e. The van der Waals surface area contributed by atoms with Gasteiger partial charge >= 0.3 is 0 Å². The minimum absolute atomic E-state index is 0.235. The van der Waals surface area contributed by atoms with Crippen LogP contribution in [0.5, 0.6) is 0 Å². The monoisotopic (exact) mass is 264 g/mol. The van der Waals surface area contributed by atoms with Crippen molar-refractivity contribution in [3.05, 3.63) is 18.5 Å². The predicted molar refractivity (Wildman–Crippen MR) is 79.3 cm³/mol. The number of anilines is 2. The van der Waals surface area contributed by atoms with Crippen molar-refractivity contribution in [3.8, 4) is 0 Å². The summed E-state index contributed by atoms with van der Waals surface area (Å²) in [6.07, 6.45) is 6.73. The molecule has 1 aromatic rings. The molecule has 1 rings (SSSR count). The summed E-state index contributed by atoms with van der Waals surface area (Å²) in [5, 5.41) is 3.29. The van der Waals surface area contributed by atoms with Crippen LogP contribution in [0.4, 0.5) is 11.4 Å². The summed E-state index contributed by atoms with van der Waals surface area (Å²) in [7, 11) is 0. The number of nitrogens with one attached hydrogen (secondary N) is 1. The Morgan fingerprint density at radius 1 is 1.37 bits per heavy atom. The molecule has 0 spiro atoms. The Balaban J connectivity index is 2.78. The molecule has 5 nitrogen and oxygen atoms in total. The second-order valence-electron chi connectivity index (χ2n) is 4.60. The van der Waals surface area contributed by atoms with Gasteiger partial charge in [-0.1, -0.05) is 20.3 Å². The number of carbonyl (C=O) groups is 1. The lowest BCUT2D eigenvalue weighted by Crippen LogP contribution is -2.34. The molecule has 0 saturated heterocycles. The molecule has 5 heteroatoms. The van der Waals surface area contributed by atoms with Crippen LogP contribution in [0.25, 0.3) is 0 Å². The van der Waals surface area contributed by atoms with Crippen LogP contribution >= 0.6 is 0 Å². The van der Waals surface area contributed by atoms with E-state index in [4.69, 9.17) is 5.73 Å². The molecule has 1 aromatic heterocycles. The fourth-order valence-corrected chi connectivity index (χ4v) is 1.80. The number of nitrogens with zero attached hydrogens (tertiary/aromatic N) is 2. The van der Waals surface area contributed by atoms with Crippen LogP contribution in [0.1, 0.15) is 33.1 Å². The van der Waals surface area contributed by atoms with Gasteiger partial charge < -0.3 is 16.0 Å². The lowest BCUT2D eigenvalue weighted by atomic mass is 10.2. The number of carbonyl (C=O) groups excluding carboxylic acids is 1. The molecule has 3 N–H and O–H groups in total. The maximum Gasteiger partial charge on any atom is 0.236 e. The van der Waals surface area contributed by atoms with Crippen molar-refractivity contribution in [3.63, 3.8) is 0 Å². The van der Waals surface area contributed by atoms with Crippen LogP contribution in [-0.2, 0) is 4.79 Å². The number of unbranched alkanes of at least 4 members (excludes halogenated alkanes) is 1. The molecular formula is C14H24N4O. The minimum atomic E-state index is -0.317. The molecule has 0 aliphatic rings. The van der Waals surface area contributed by atoms with E-state index in [1.165, 1.54) is 0 Å². The minimum Gasteiger partial charge on any atom is -0.384 e. The normalized spacial score (nSPS) is 10.2. The van der Waals surface area contributed by atoms with Crippen molar-refractivity contribution < 1.29 is 4.79 Å². The van der Waals surface area contributed by atoms with E-state index >= 15 is 0 Å². The van der Waals surface area contributed by atoms with E-state index in [9.17, 15) is 4.79 Å². The Morgan fingerprint density at radius 3 is 2.79 bits per heavy atom. The van der Waals surface area contributed by atoms with Gasteiger partial charge in [-0.2, -0.15) is 0 Å². The highest BCUT2D eigenvalue weighted by molar-refractivity contribution is 5.79. The van der Waals surface area contributed by atoms with Gasteiger partial charge in [-0.25, -0.2) is 0 Å². The van der Waals surface area contributed by atoms with Gasteiger partial charge in [0.25, 0.3) is 0 Å². The first-order chi connectivity index (χ1) is 9.17. The number of nitrogens with two attached hydrogens (primary N) is 1. The van der Waals surface area contributed by atoms with E-state index in [0.717, 1.165) is 43.7 Å². The molecule has 0 bridgehead atoms. The molecule has 0 unspecified atom stereocenters. The van der Waals surface area contributed by atoms with Gasteiger partial charge in [-0.15, -0.1) is 0 Å². The van der Waals surface area contributed by atoms with Crippen LogP contribution in [0.15, 0.2) is 18.5 Å². The average Bonchev–Trinajstić information content (AvgIpc) is 2.41. The number of aromatic nitrogens is 1. The molecule has 0 aliphatic carbocycles. The lowest BCUT2D eigenvalue weighted by Gasteiger charge is -2.23. The maximum atomic E-state index is 11.1. The lowest BCUT2D eigenvalue weighted by molar-refractivity contribution is -0.116. The Kier molecular flexibility index (Phi) is 6.71. The number of amides is 1. The van der Waals surface area contributed by atoms with Crippen LogP contribution < -0.4 is 16.0 Å². The molecule has 1 amide bonds. The van der Waals surface area contributed by atoms with E-state index in [1.807, 2.05) is 11.0 Å². The second kappa shape index (κ2) is 8.34. The highest BCUT2D eigenvalue weighted by atomic mass is 16.1. The summed E-state index contributed by atoms with van der Waals surface area (Å²) >= 11 is 0. The predicted octanol–water partition coefficient (Wildman–Crippen LogP) is 2.00. The Morgan fingerprint density at radius 2 is 2.16 bits per heavy atom. The van der Waals surface area contributed by atoms with Gasteiger partial charge in [-0.05, 0) is 18.9 Å². The van der Waals surface area contributed by atoms with Crippen LogP contribution in [-0.4, -0.2) is 30.5 Å². The average molecular weight is 264 g/mol. The third kappa shape index (κ3) is 5.59. The quantitative estimate of drug-likeness (QED) is 0.715. The highest BCUT2D eigenvalue weighted by Gasteiger charge is 2.10. The maximum absolute atomic E-state index is 11.1. The van der Waals surface area contributed by atoms with Crippen LogP contribution in [0.3, 0.4) is 0 Å². The molecule has 0 aromatic carbocycles. The fraction of sp³-hybridized carbons (Fsp3) is 0.571. The molecule has 0 atom stereocenters. The van der Waals surface area contributed by atoms with Crippen molar-refractivity contribution in [1.29, 1.82) is 0 Å². The van der Waals surface area contributed by atoms with Gasteiger partial charge in [0.15, 0.2) is 0 Å². The molecule has 1 heterocycles. The second-order valence-corrected chi connectivity index (χ2v) is 4.60. The van der Waals surface area contributed by atoms with Gasteiger partial charge in [0, 0.05) is 13.1 Å². The number of primary amides is 1. The zero-order valence-corrected chi connectivity index (χ0v) is 11.9. The SMILES string of the molecule is CCCCN(CC(N)=O)c1cncc(NCCC)c1. The largest absolute Gasteiger partial charge is 0.384 e. The van der Waals surface area contributed by atoms with E-state index in [-0.39, 0.29) is 12.5 Å². The zero-order chi connectivity index (χ0) is 14.1. The van der Waals surface area contributed by atoms with E-state index < -0.39 is 0 Å². The first kappa shape index (κ1) is 15.3. The van der Waals surface area contributed by atoms with Gasteiger partial charge in [0.05, 0.1) is 30.3 Å². The summed E-state index contributed by atoms with van der Waals surface area (Å²) in [5.74, 6) is -0.317. The fourth-order valence-electron chi connectivity index (χ4n) is 1.80. The van der Waals surface area contributed by atoms with Gasteiger partial charge in [-0.3, -0.25) is 9.78 Å². The summed E-state index contributed by atoms with van der Waals surface area (Å²) in [4.78, 5) is 17.3. The Labute approximate surface area is 115 Å². The topological polar surface area (TPSA) is 71.2 Å². The molecular weight excluding hydrogens is 240 g/mol. The number of hydrogen-bond acceptors (Lipinski definition) is 4. The zero-order valence-electron chi connectivity index (χ0n) is 11.9. The van der Waals surface area contributed by atoms with Crippen molar-refractivity contribution in [1.82, 2.24) is 4.98 Å². The van der Waals surface area contributed by atoms with Crippen molar-refractivity contribution >= 4 is 17.3 Å². The van der Waals surface area contributed by atoms with E-state index in [0.29, 0.717) is 0 Å². The van der Waals surface area contributed by atoms with Crippen molar-refractivity contribution in [2.24, 2.45) is 5.73 Å². The number of pyridine rings is 1. The summed E-state index contributed by atoms with van der Waals surface area (Å²) in [5.41, 5.74) is 7.22. The first-order valence-electron chi connectivity index (χ1n) is 6.89. The Hall–Kier alpha value is -1.78. The third-order valence-corrected chi connectivity index (χ3v) is 2.80. The molecule has 19 heavy (non-hydrogen) atoms. The molecule has 106 valence electrons. The standard InChI is InChI=1S/C14H24N4O/c1-3-5-7-18(11-14(15)19)13-8-12(9-16-10-13)17-6-4-2/h8-10,17H,3-7,11H2,1-2H3,(H2,15,19). The number of rotatable bonds is 9. The van der Waals surface area contributed by atoms with E-state index in [1.54, 1.807) is 12.4 Å². The summed E-state index contributed by atoms with van der Waals surface area (Å²) in [6, 6.07) is 2.02. The molecule has 0 radical (unpaired) electrons. The first-order valence-corrected chi connectivity index (χ1v) is 6.89. The van der Waals surface area contributed by atoms with Crippen LogP contribution in [0, 0.1) is 0 Å². The Bertz CT molecular complexity index is 395. The summed E-state index contributed by atoms with van der Waals surface area (Å²) < 4.78 is 0. The van der Waals surface area contributed by atoms with Crippen molar-refractivity contribution in [2.45, 2.75) is 33.1 Å². The molecule has 0 saturated carbocycles. The third-order valence-electron chi connectivity index (χ3n) is 2.80. The molecule has 0 fully saturated rings. The van der Waals surface area contributed by atoms with Crippen LogP contribution in [0.2, 0.25) is 0 Å².